The Morgan fingerprint density at radius 3 is 2.18 bits per heavy atom. The molecular formula is C16H21NO5. The van der Waals surface area contributed by atoms with Crippen LogP contribution < -0.4 is 10.1 Å². The number of methoxy groups -OCH3 is 1. The lowest BCUT2D eigenvalue weighted by atomic mass is 10.0. The van der Waals surface area contributed by atoms with Crippen LogP contribution in [0.4, 0.5) is 0 Å². The molecule has 0 aliphatic carbocycles. The normalized spacial score (nSPS) is 11.8. The number of carboxylic acids is 1. The van der Waals surface area contributed by atoms with Crippen LogP contribution >= 0.6 is 0 Å². The maximum Gasteiger partial charge on any atom is 0.326 e. The predicted octanol–water partition coefficient (Wildman–Crippen LogP) is 1.88. The van der Waals surface area contributed by atoms with Crippen molar-refractivity contribution in [3.05, 3.63) is 29.8 Å². The Bertz CT molecular complexity index is 536. The van der Waals surface area contributed by atoms with E-state index in [9.17, 15) is 14.4 Å². The summed E-state index contributed by atoms with van der Waals surface area (Å²) in [5.74, 6) is -1.27. The molecule has 6 heteroatoms. The van der Waals surface area contributed by atoms with Crippen LogP contribution in [0.15, 0.2) is 24.3 Å². The molecule has 1 aromatic carbocycles. The molecule has 1 atom stereocenters. The van der Waals surface area contributed by atoms with Gasteiger partial charge in [0.2, 0.25) is 5.91 Å². The summed E-state index contributed by atoms with van der Waals surface area (Å²) in [4.78, 5) is 34.7. The van der Waals surface area contributed by atoms with Crippen molar-refractivity contribution in [1.82, 2.24) is 5.32 Å². The van der Waals surface area contributed by atoms with Gasteiger partial charge in [0.05, 0.1) is 7.11 Å². The number of Topliss-reactive ketones (excluding diaryl/α,β-unsaturated/α-hetero) is 1. The van der Waals surface area contributed by atoms with Crippen LogP contribution in [0.2, 0.25) is 0 Å². The van der Waals surface area contributed by atoms with Crippen LogP contribution in [0, 0.1) is 5.92 Å². The van der Waals surface area contributed by atoms with Gasteiger partial charge in [-0.25, -0.2) is 4.79 Å². The summed E-state index contributed by atoms with van der Waals surface area (Å²) in [7, 11) is 1.54. The molecule has 0 spiro atoms. The first-order chi connectivity index (χ1) is 10.3. The van der Waals surface area contributed by atoms with Crippen LogP contribution in [-0.2, 0) is 9.59 Å². The number of ether oxygens (including phenoxy) is 1. The van der Waals surface area contributed by atoms with Crippen molar-refractivity contribution >= 4 is 17.7 Å². The van der Waals surface area contributed by atoms with Crippen molar-refractivity contribution in [2.24, 2.45) is 5.92 Å². The number of nitrogens with one attached hydrogen (secondary N) is 1. The van der Waals surface area contributed by atoms with E-state index in [0.717, 1.165) is 0 Å². The SMILES string of the molecule is COc1ccc(C(=O)CCC(=O)N[C@@H](C(=O)O)C(C)C)cc1. The van der Waals surface area contributed by atoms with Crippen LogP contribution in [0.1, 0.15) is 37.0 Å². The minimum atomic E-state index is -1.08. The van der Waals surface area contributed by atoms with Crippen molar-refractivity contribution in [1.29, 1.82) is 0 Å². The van der Waals surface area contributed by atoms with Crippen molar-refractivity contribution < 1.29 is 24.2 Å². The summed E-state index contributed by atoms with van der Waals surface area (Å²) < 4.78 is 5.00. The lowest BCUT2D eigenvalue weighted by Crippen LogP contribution is -2.44. The average Bonchev–Trinajstić information content (AvgIpc) is 2.49. The number of aliphatic carboxylic acids is 1. The number of amides is 1. The first kappa shape index (κ1) is 17.7. The van der Waals surface area contributed by atoms with Gasteiger partial charge in [0, 0.05) is 18.4 Å². The van der Waals surface area contributed by atoms with E-state index < -0.39 is 17.9 Å². The van der Waals surface area contributed by atoms with Gasteiger partial charge in [-0.05, 0) is 30.2 Å². The molecule has 0 heterocycles. The molecule has 0 saturated heterocycles. The van der Waals surface area contributed by atoms with E-state index in [1.54, 1.807) is 38.1 Å². The summed E-state index contributed by atoms with van der Waals surface area (Å²) in [5.41, 5.74) is 0.493. The number of carbonyl (C=O) groups is 3. The van der Waals surface area contributed by atoms with Gasteiger partial charge in [-0.2, -0.15) is 0 Å². The van der Waals surface area contributed by atoms with Crippen molar-refractivity contribution in [2.75, 3.05) is 7.11 Å². The zero-order valence-corrected chi connectivity index (χ0v) is 13.0. The highest BCUT2D eigenvalue weighted by Gasteiger charge is 2.23. The van der Waals surface area contributed by atoms with Gasteiger partial charge >= 0.3 is 5.97 Å². The van der Waals surface area contributed by atoms with E-state index in [4.69, 9.17) is 9.84 Å². The van der Waals surface area contributed by atoms with Crippen molar-refractivity contribution in [3.63, 3.8) is 0 Å². The van der Waals surface area contributed by atoms with Gasteiger partial charge in [-0.15, -0.1) is 0 Å². The molecule has 2 N–H and O–H groups in total. The Kier molecular flexibility index (Phi) is 6.56. The predicted molar refractivity (Wildman–Crippen MR) is 81.0 cm³/mol. The third kappa shape index (κ3) is 5.20. The van der Waals surface area contributed by atoms with E-state index >= 15 is 0 Å². The summed E-state index contributed by atoms with van der Waals surface area (Å²) in [6, 6.07) is 5.67. The van der Waals surface area contributed by atoms with E-state index in [1.165, 1.54) is 7.11 Å². The summed E-state index contributed by atoms with van der Waals surface area (Å²) in [6.45, 7) is 3.42. The van der Waals surface area contributed by atoms with E-state index in [2.05, 4.69) is 5.32 Å². The van der Waals surface area contributed by atoms with Crippen LogP contribution in [0.5, 0.6) is 5.75 Å². The number of rotatable bonds is 8. The molecule has 1 aromatic rings. The average molecular weight is 307 g/mol. The molecule has 0 bridgehead atoms. The second kappa shape index (κ2) is 8.17. The zero-order chi connectivity index (χ0) is 16.7. The van der Waals surface area contributed by atoms with Crippen LogP contribution in [0.25, 0.3) is 0 Å². The molecule has 0 aromatic heterocycles. The van der Waals surface area contributed by atoms with E-state index in [0.29, 0.717) is 11.3 Å². The zero-order valence-electron chi connectivity index (χ0n) is 13.0. The minimum Gasteiger partial charge on any atom is -0.497 e. The Hall–Kier alpha value is -2.37. The van der Waals surface area contributed by atoms with Crippen molar-refractivity contribution in [3.8, 4) is 5.75 Å². The molecule has 0 radical (unpaired) electrons. The van der Waals surface area contributed by atoms with Gasteiger partial charge in [0.1, 0.15) is 11.8 Å². The fourth-order valence-corrected chi connectivity index (χ4v) is 1.91. The Morgan fingerprint density at radius 1 is 1.14 bits per heavy atom. The number of benzene rings is 1. The topological polar surface area (TPSA) is 92.7 Å². The molecule has 0 aliphatic rings. The Labute approximate surface area is 129 Å². The monoisotopic (exact) mass is 307 g/mol. The fraction of sp³-hybridized carbons (Fsp3) is 0.438. The third-order valence-corrected chi connectivity index (χ3v) is 3.24. The fourth-order valence-electron chi connectivity index (χ4n) is 1.91. The molecule has 0 unspecified atom stereocenters. The van der Waals surface area contributed by atoms with Gasteiger partial charge in [0.25, 0.3) is 0 Å². The Morgan fingerprint density at radius 2 is 1.73 bits per heavy atom. The van der Waals surface area contributed by atoms with Crippen LogP contribution in [0.3, 0.4) is 0 Å². The highest BCUT2D eigenvalue weighted by atomic mass is 16.5. The second-order valence-corrected chi connectivity index (χ2v) is 5.28. The maximum absolute atomic E-state index is 12.0. The van der Waals surface area contributed by atoms with Gasteiger partial charge in [-0.3, -0.25) is 9.59 Å². The standard InChI is InChI=1S/C16H21NO5/c1-10(2)15(16(20)21)17-14(19)9-8-13(18)11-4-6-12(22-3)7-5-11/h4-7,10,15H,8-9H2,1-3H3,(H,17,19)(H,20,21)/t15-/m1/s1. The van der Waals surface area contributed by atoms with E-state index in [1.807, 2.05) is 0 Å². The smallest absolute Gasteiger partial charge is 0.326 e. The number of hydrogen-bond donors (Lipinski definition) is 2. The minimum absolute atomic E-state index is 0.0304. The molecule has 1 rings (SSSR count). The number of carbonyl (C=O) groups excluding carboxylic acids is 2. The maximum atomic E-state index is 12.0. The molecule has 0 fully saturated rings. The lowest BCUT2D eigenvalue weighted by Gasteiger charge is -2.17. The molecule has 120 valence electrons. The molecule has 6 nitrogen and oxygen atoms in total. The lowest BCUT2D eigenvalue weighted by molar-refractivity contribution is -0.143. The van der Waals surface area contributed by atoms with Crippen molar-refractivity contribution in [2.45, 2.75) is 32.7 Å². The Balaban J connectivity index is 2.52. The second-order valence-electron chi connectivity index (χ2n) is 5.28. The van der Waals surface area contributed by atoms with E-state index in [-0.39, 0.29) is 24.5 Å². The molecule has 22 heavy (non-hydrogen) atoms. The summed E-state index contributed by atoms with van der Waals surface area (Å²) in [6.07, 6.45) is -0.00996. The highest BCUT2D eigenvalue weighted by molar-refractivity contribution is 5.98. The van der Waals surface area contributed by atoms with Gasteiger partial charge < -0.3 is 15.2 Å². The van der Waals surface area contributed by atoms with Crippen LogP contribution in [-0.4, -0.2) is 35.9 Å². The largest absolute Gasteiger partial charge is 0.497 e. The summed E-state index contributed by atoms with van der Waals surface area (Å²) >= 11 is 0. The van der Waals surface area contributed by atoms with Gasteiger partial charge in [0.15, 0.2) is 5.78 Å². The molecule has 1 amide bonds. The molecule has 0 aliphatic heterocycles. The summed E-state index contributed by atoms with van der Waals surface area (Å²) in [5, 5.41) is 11.4. The quantitative estimate of drug-likeness (QED) is 0.715. The number of carboxylic acid groups (broad SMARTS) is 1. The third-order valence-electron chi connectivity index (χ3n) is 3.24. The van der Waals surface area contributed by atoms with Gasteiger partial charge in [-0.1, -0.05) is 13.8 Å². The highest BCUT2D eigenvalue weighted by Crippen LogP contribution is 2.13. The molecule has 0 saturated carbocycles. The number of hydrogen-bond acceptors (Lipinski definition) is 4. The first-order valence-corrected chi connectivity index (χ1v) is 7.04. The first-order valence-electron chi connectivity index (χ1n) is 7.04. The number of ketones is 1. The molecular weight excluding hydrogens is 286 g/mol.